The average molecular weight is 411 g/mol. The Hall–Kier alpha value is -2.01. The second kappa shape index (κ2) is 7.01. The molecule has 3 aliphatic rings. The number of ether oxygens (including phenoxy) is 2. The first-order chi connectivity index (χ1) is 14.3. The van der Waals surface area contributed by atoms with E-state index in [1.807, 2.05) is 6.92 Å². The lowest BCUT2D eigenvalue weighted by molar-refractivity contribution is -0.177. The fourth-order valence-corrected chi connectivity index (χ4v) is 5.82. The van der Waals surface area contributed by atoms with E-state index >= 15 is 0 Å². The normalized spacial score (nSPS) is 26.5. The van der Waals surface area contributed by atoms with E-state index in [1.54, 1.807) is 0 Å². The number of benzene rings is 1. The zero-order valence-electron chi connectivity index (χ0n) is 18.8. The predicted octanol–water partition coefficient (Wildman–Crippen LogP) is 5.21. The fraction of sp³-hybridized carbons (Fsp3) is 0.640. The molecule has 2 saturated heterocycles. The van der Waals surface area contributed by atoms with Crippen molar-refractivity contribution in [3.05, 3.63) is 29.0 Å². The maximum absolute atomic E-state index is 13.1. The van der Waals surface area contributed by atoms with Gasteiger partial charge in [-0.1, -0.05) is 20.8 Å². The van der Waals surface area contributed by atoms with Crippen molar-refractivity contribution < 1.29 is 14.3 Å². The van der Waals surface area contributed by atoms with Gasteiger partial charge in [0.05, 0.1) is 12.2 Å². The highest BCUT2D eigenvalue weighted by Crippen LogP contribution is 2.50. The highest BCUT2D eigenvalue weighted by atomic mass is 16.5. The molecule has 5 nitrogen and oxygen atoms in total. The van der Waals surface area contributed by atoms with E-state index < -0.39 is 0 Å². The summed E-state index contributed by atoms with van der Waals surface area (Å²) < 4.78 is 12.6. The number of fused-ring (bicyclic) bond motifs is 3. The van der Waals surface area contributed by atoms with Gasteiger partial charge in [0.15, 0.2) is 5.72 Å². The number of aromatic amines is 1. The molecule has 5 rings (SSSR count). The first-order valence-corrected chi connectivity index (χ1v) is 11.5. The van der Waals surface area contributed by atoms with Crippen molar-refractivity contribution in [3.8, 4) is 5.75 Å². The third-order valence-electron chi connectivity index (χ3n) is 7.16. The number of aryl methyl sites for hydroxylation is 1. The van der Waals surface area contributed by atoms with Crippen molar-refractivity contribution >= 4 is 16.9 Å². The van der Waals surface area contributed by atoms with Gasteiger partial charge in [-0.2, -0.15) is 0 Å². The Labute approximate surface area is 179 Å². The molecule has 0 radical (unpaired) electrons. The van der Waals surface area contributed by atoms with Gasteiger partial charge >= 0.3 is 5.97 Å². The third kappa shape index (κ3) is 3.13. The van der Waals surface area contributed by atoms with Crippen LogP contribution in [0.25, 0.3) is 10.9 Å². The molecular formula is C25H34N2O3. The summed E-state index contributed by atoms with van der Waals surface area (Å²) in [4.78, 5) is 19.1. The molecule has 0 bridgehead atoms. The second-order valence-electron chi connectivity index (χ2n) is 10.7. The Morgan fingerprint density at radius 1 is 1.27 bits per heavy atom. The van der Waals surface area contributed by atoms with Crippen LogP contribution in [0.1, 0.15) is 74.5 Å². The summed E-state index contributed by atoms with van der Waals surface area (Å²) in [6.45, 7) is 10.9. The molecule has 1 aromatic carbocycles. The van der Waals surface area contributed by atoms with Gasteiger partial charge < -0.3 is 14.5 Å². The van der Waals surface area contributed by atoms with Crippen LogP contribution in [-0.2, 0) is 11.2 Å². The summed E-state index contributed by atoms with van der Waals surface area (Å²) >= 11 is 0. The zero-order valence-corrected chi connectivity index (χ0v) is 18.8. The number of esters is 1. The topological polar surface area (TPSA) is 54.6 Å². The summed E-state index contributed by atoms with van der Waals surface area (Å²) in [7, 11) is 0. The van der Waals surface area contributed by atoms with E-state index in [0.29, 0.717) is 18.1 Å². The smallest absolute Gasteiger partial charge is 0.340 e. The Morgan fingerprint density at radius 2 is 2.07 bits per heavy atom. The molecule has 2 fully saturated rings. The van der Waals surface area contributed by atoms with E-state index in [0.717, 1.165) is 48.3 Å². The van der Waals surface area contributed by atoms with E-state index in [4.69, 9.17) is 9.47 Å². The second-order valence-corrected chi connectivity index (χ2v) is 10.7. The van der Waals surface area contributed by atoms with Crippen LogP contribution in [-0.4, -0.2) is 41.3 Å². The van der Waals surface area contributed by atoms with Gasteiger partial charge in [0.25, 0.3) is 0 Å². The Bertz CT molecular complexity index is 984. The molecule has 0 saturated carbocycles. The van der Waals surface area contributed by atoms with Crippen LogP contribution in [0.4, 0.5) is 0 Å². The van der Waals surface area contributed by atoms with Crippen molar-refractivity contribution in [2.75, 3.05) is 19.7 Å². The van der Waals surface area contributed by atoms with Crippen molar-refractivity contribution in [2.24, 2.45) is 11.3 Å². The van der Waals surface area contributed by atoms with E-state index in [2.05, 4.69) is 42.8 Å². The maximum Gasteiger partial charge on any atom is 0.340 e. The van der Waals surface area contributed by atoms with Crippen LogP contribution in [0, 0.1) is 18.3 Å². The molecule has 1 N–H and O–H groups in total. The number of aromatic nitrogens is 1. The molecule has 0 aliphatic carbocycles. The van der Waals surface area contributed by atoms with Gasteiger partial charge in [-0.15, -0.1) is 0 Å². The number of carbonyl (C=O) groups excluding carboxylic acids is 1. The molecule has 2 aromatic rings. The third-order valence-corrected chi connectivity index (χ3v) is 7.16. The maximum atomic E-state index is 13.1. The van der Waals surface area contributed by atoms with E-state index in [9.17, 15) is 4.79 Å². The first-order valence-electron chi connectivity index (χ1n) is 11.5. The Morgan fingerprint density at radius 3 is 2.87 bits per heavy atom. The number of nitrogens with one attached hydrogen (secondary N) is 1. The largest absolute Gasteiger partial charge is 0.472 e. The van der Waals surface area contributed by atoms with Crippen LogP contribution in [0.15, 0.2) is 12.1 Å². The number of H-pyrrole nitrogens is 1. The average Bonchev–Trinajstić information content (AvgIpc) is 3.05. The summed E-state index contributed by atoms with van der Waals surface area (Å²) in [6, 6.07) is 4.17. The quantitative estimate of drug-likeness (QED) is 0.691. The van der Waals surface area contributed by atoms with E-state index in [1.165, 1.54) is 31.2 Å². The lowest BCUT2D eigenvalue weighted by Crippen LogP contribution is -2.64. The highest BCUT2D eigenvalue weighted by Gasteiger charge is 2.52. The lowest BCUT2D eigenvalue weighted by Gasteiger charge is -2.56. The van der Waals surface area contributed by atoms with Crippen LogP contribution in [0.2, 0.25) is 0 Å². The van der Waals surface area contributed by atoms with E-state index in [-0.39, 0.29) is 17.1 Å². The monoisotopic (exact) mass is 410 g/mol. The predicted molar refractivity (Wildman–Crippen MR) is 118 cm³/mol. The molecule has 1 aromatic heterocycles. The van der Waals surface area contributed by atoms with Gasteiger partial charge in [-0.05, 0) is 56.6 Å². The molecule has 3 aliphatic heterocycles. The number of rotatable bonds is 2. The summed E-state index contributed by atoms with van der Waals surface area (Å²) in [5.74, 6) is 1.21. The Kier molecular flexibility index (Phi) is 4.66. The van der Waals surface area contributed by atoms with Crippen molar-refractivity contribution in [1.82, 2.24) is 9.88 Å². The van der Waals surface area contributed by atoms with Crippen LogP contribution in [0.3, 0.4) is 0 Å². The number of carbonyl (C=O) groups is 1. The lowest BCUT2D eigenvalue weighted by atomic mass is 9.74. The summed E-state index contributed by atoms with van der Waals surface area (Å²) in [5.41, 5.74) is 3.54. The number of hydrogen-bond acceptors (Lipinski definition) is 4. The van der Waals surface area contributed by atoms with Gasteiger partial charge in [0.1, 0.15) is 5.75 Å². The minimum Gasteiger partial charge on any atom is -0.472 e. The highest BCUT2D eigenvalue weighted by molar-refractivity contribution is 6.07. The van der Waals surface area contributed by atoms with Crippen molar-refractivity contribution in [1.29, 1.82) is 0 Å². The van der Waals surface area contributed by atoms with Gasteiger partial charge in [0, 0.05) is 47.6 Å². The molecule has 30 heavy (non-hydrogen) atoms. The summed E-state index contributed by atoms with van der Waals surface area (Å²) in [6.07, 6.45) is 7.01. The van der Waals surface area contributed by atoms with Crippen molar-refractivity contribution in [2.45, 2.75) is 71.9 Å². The molecule has 1 spiro atoms. The summed E-state index contributed by atoms with van der Waals surface area (Å²) in [5, 5.41) is 1.01. The number of piperidine rings is 2. The molecule has 162 valence electrons. The molecule has 2 atom stereocenters. The van der Waals surface area contributed by atoms with Crippen molar-refractivity contribution in [3.63, 3.8) is 0 Å². The minimum atomic E-state index is -0.231. The zero-order chi connectivity index (χ0) is 21.1. The van der Waals surface area contributed by atoms with Gasteiger partial charge in [-0.25, -0.2) is 4.79 Å². The fourth-order valence-electron chi connectivity index (χ4n) is 5.82. The SMILES string of the molecule is Cc1[nH]c2ccc3c(c2c1C(=O)OCC(C)(C)C)CC1CCCN2CCCCC12O3. The molecular weight excluding hydrogens is 376 g/mol. The first kappa shape index (κ1) is 19.9. The van der Waals surface area contributed by atoms with Gasteiger partial charge in [-0.3, -0.25) is 4.90 Å². The minimum absolute atomic E-state index is 0.0584. The Balaban J connectivity index is 1.57. The van der Waals surface area contributed by atoms with Gasteiger partial charge in [0.2, 0.25) is 0 Å². The molecule has 2 unspecified atom stereocenters. The molecule has 0 amide bonds. The van der Waals surface area contributed by atoms with Crippen LogP contribution in [0.5, 0.6) is 5.75 Å². The number of nitrogens with zero attached hydrogens (tertiary/aromatic N) is 1. The molecule has 4 heterocycles. The number of hydrogen-bond donors (Lipinski definition) is 1. The molecule has 5 heteroatoms. The standard InChI is InChI=1S/C25H34N2O3/c1-16-21(23(28)29-15-24(2,3)4)22-18-14-17-8-7-13-27-12-6-5-11-25(17,27)30-20(18)10-9-19(22)26-16/h9-10,17,26H,5-8,11-15H2,1-4H3. The van der Waals surface area contributed by atoms with Crippen LogP contribution >= 0.6 is 0 Å². The van der Waals surface area contributed by atoms with Crippen LogP contribution < -0.4 is 4.74 Å².